The van der Waals surface area contributed by atoms with Crippen molar-refractivity contribution in [3.05, 3.63) is 35.0 Å². The number of piperazine rings is 1. The third kappa shape index (κ3) is 9.51. The van der Waals surface area contributed by atoms with Gasteiger partial charge in [0.25, 0.3) is 0 Å². The van der Waals surface area contributed by atoms with Gasteiger partial charge in [0.2, 0.25) is 0 Å². The summed E-state index contributed by atoms with van der Waals surface area (Å²) in [5.74, 6) is 0. The zero-order valence-electron chi connectivity index (χ0n) is 19.2. The van der Waals surface area contributed by atoms with Crippen LogP contribution >= 0.6 is 22.7 Å². The highest BCUT2D eigenvalue weighted by molar-refractivity contribution is 7.14. The molecule has 2 aliphatic rings. The molecule has 2 aromatic heterocycles. The van der Waals surface area contributed by atoms with E-state index in [0.29, 0.717) is 0 Å². The Labute approximate surface area is 187 Å². The predicted octanol–water partition coefficient (Wildman–Crippen LogP) is 5.49. The van der Waals surface area contributed by atoms with Gasteiger partial charge in [0.15, 0.2) is 0 Å². The predicted molar refractivity (Wildman–Crippen MR) is 135 cm³/mol. The Morgan fingerprint density at radius 2 is 1.31 bits per heavy atom. The van der Waals surface area contributed by atoms with Crippen molar-refractivity contribution in [3.63, 3.8) is 0 Å². The normalized spacial score (nSPS) is 17.0. The lowest BCUT2D eigenvalue weighted by atomic mass is 10.3. The molecule has 6 heteroatoms. The van der Waals surface area contributed by atoms with Crippen molar-refractivity contribution < 1.29 is 0 Å². The van der Waals surface area contributed by atoms with Crippen LogP contribution in [0.15, 0.2) is 35.0 Å². The number of nitrogens with one attached hydrogen (secondary N) is 1. The smallest absolute Gasteiger partial charge is 0.0909 e. The highest BCUT2D eigenvalue weighted by atomic mass is 32.1. The van der Waals surface area contributed by atoms with Crippen LogP contribution in [0.3, 0.4) is 0 Å². The van der Waals surface area contributed by atoms with Gasteiger partial charge in [0.05, 0.1) is 10.0 Å². The molecule has 4 nitrogen and oxygen atoms in total. The van der Waals surface area contributed by atoms with Crippen LogP contribution in [-0.2, 0) is 0 Å². The van der Waals surface area contributed by atoms with Crippen molar-refractivity contribution in [2.24, 2.45) is 0 Å². The number of hydrogen-bond acceptors (Lipinski definition) is 6. The lowest BCUT2D eigenvalue weighted by Crippen LogP contribution is -2.45. The van der Waals surface area contributed by atoms with Gasteiger partial charge in [0, 0.05) is 45.8 Å². The molecule has 29 heavy (non-hydrogen) atoms. The van der Waals surface area contributed by atoms with Crippen molar-refractivity contribution in [3.8, 4) is 0 Å². The largest absolute Gasteiger partial charge is 0.362 e. The zero-order valence-corrected chi connectivity index (χ0v) is 20.8. The first-order valence-corrected chi connectivity index (χ1v) is 13.1. The summed E-state index contributed by atoms with van der Waals surface area (Å²) < 4.78 is 0. The molecule has 0 aromatic carbocycles. The zero-order chi connectivity index (χ0) is 21.3. The van der Waals surface area contributed by atoms with Crippen LogP contribution in [-0.4, -0.2) is 63.8 Å². The molecule has 0 unspecified atom stereocenters. The number of hydrogen-bond donors (Lipinski definition) is 1. The number of rotatable bonds is 3. The second-order valence-corrected chi connectivity index (χ2v) is 8.27. The third-order valence-electron chi connectivity index (χ3n) is 4.80. The minimum Gasteiger partial charge on any atom is -0.362 e. The fourth-order valence-electron chi connectivity index (χ4n) is 3.25. The molecule has 1 N–H and O–H groups in total. The second kappa shape index (κ2) is 16.7. The Balaban J connectivity index is 0.000000248. The molecule has 0 atom stereocenters. The average Bonchev–Trinajstić information content (AvgIpc) is 3.48. The molecular formula is C23H42N4S2. The summed E-state index contributed by atoms with van der Waals surface area (Å²) >= 11 is 3.68. The molecule has 0 bridgehead atoms. The molecule has 0 aliphatic carbocycles. The highest BCUT2D eigenvalue weighted by Crippen LogP contribution is 2.22. The van der Waals surface area contributed by atoms with E-state index in [4.69, 9.17) is 0 Å². The van der Waals surface area contributed by atoms with Gasteiger partial charge in [-0.3, -0.25) is 0 Å². The van der Waals surface area contributed by atoms with Gasteiger partial charge < -0.3 is 20.0 Å². The van der Waals surface area contributed by atoms with Gasteiger partial charge in [0.1, 0.15) is 0 Å². The van der Waals surface area contributed by atoms with E-state index in [1.807, 2.05) is 50.4 Å². The first-order valence-electron chi connectivity index (χ1n) is 11.4. The van der Waals surface area contributed by atoms with E-state index < -0.39 is 0 Å². The van der Waals surface area contributed by atoms with E-state index in [0.717, 1.165) is 13.1 Å². The minimum atomic E-state index is 1.12. The van der Waals surface area contributed by atoms with Crippen molar-refractivity contribution in [1.29, 1.82) is 0 Å². The summed E-state index contributed by atoms with van der Waals surface area (Å²) in [6, 6.07) is 8.67. The van der Waals surface area contributed by atoms with Crippen LogP contribution in [0.5, 0.6) is 0 Å². The lowest BCUT2D eigenvalue weighted by Gasteiger charge is -2.34. The quantitative estimate of drug-likeness (QED) is 0.684. The highest BCUT2D eigenvalue weighted by Gasteiger charge is 2.15. The van der Waals surface area contributed by atoms with Crippen LogP contribution in [0.2, 0.25) is 0 Å². The van der Waals surface area contributed by atoms with Crippen molar-refractivity contribution >= 4 is 32.7 Å². The van der Waals surface area contributed by atoms with E-state index in [-0.39, 0.29) is 0 Å². The maximum Gasteiger partial charge on any atom is 0.0909 e. The Morgan fingerprint density at radius 3 is 1.79 bits per heavy atom. The van der Waals surface area contributed by atoms with Crippen molar-refractivity contribution in [2.75, 3.05) is 68.7 Å². The van der Waals surface area contributed by atoms with E-state index >= 15 is 0 Å². The lowest BCUT2D eigenvalue weighted by molar-refractivity contribution is 0.271. The van der Waals surface area contributed by atoms with E-state index in [1.54, 1.807) is 0 Å². The molecule has 2 aliphatic heterocycles. The van der Waals surface area contributed by atoms with Crippen molar-refractivity contribution in [1.82, 2.24) is 10.2 Å². The molecule has 4 heterocycles. The first kappa shape index (κ1) is 26.0. The van der Waals surface area contributed by atoms with E-state index in [2.05, 4.69) is 62.0 Å². The summed E-state index contributed by atoms with van der Waals surface area (Å²) in [4.78, 5) is 7.45. The molecule has 0 radical (unpaired) electrons. The Kier molecular flexibility index (Phi) is 14.9. The third-order valence-corrected chi connectivity index (χ3v) is 6.65. The Hall–Kier alpha value is -1.08. The Morgan fingerprint density at radius 1 is 0.759 bits per heavy atom. The number of anilines is 2. The first-order chi connectivity index (χ1) is 14.4. The maximum absolute atomic E-state index is 3.40. The monoisotopic (exact) mass is 438 g/mol. The number of likely N-dealkylation sites (N-methyl/N-ethyl adjacent to an activating group) is 1. The SMILES string of the molecule is CC.CC.CCN1CCN(c2cccs2)CC1.c1csc(N2CCCNCC2)c1. The van der Waals surface area contributed by atoms with Crippen LogP contribution in [0, 0.1) is 0 Å². The summed E-state index contributed by atoms with van der Waals surface area (Å²) in [6.07, 6.45) is 1.26. The van der Waals surface area contributed by atoms with Gasteiger partial charge >= 0.3 is 0 Å². The van der Waals surface area contributed by atoms with E-state index in [1.165, 1.54) is 62.2 Å². The molecule has 0 spiro atoms. The van der Waals surface area contributed by atoms with Gasteiger partial charge in [-0.2, -0.15) is 0 Å². The summed E-state index contributed by atoms with van der Waals surface area (Å²) in [5, 5.41) is 10.5. The van der Waals surface area contributed by atoms with Crippen LogP contribution in [0.25, 0.3) is 0 Å². The fraction of sp³-hybridized carbons (Fsp3) is 0.652. The number of thiophene rings is 2. The molecule has 166 valence electrons. The van der Waals surface area contributed by atoms with Gasteiger partial charge in [-0.15, -0.1) is 22.7 Å². The minimum absolute atomic E-state index is 1.12. The van der Waals surface area contributed by atoms with Gasteiger partial charge in [-0.05, 0) is 54.5 Å². The molecule has 2 saturated heterocycles. The molecule has 0 amide bonds. The molecule has 2 aromatic rings. The van der Waals surface area contributed by atoms with Gasteiger partial charge in [-0.1, -0.05) is 34.6 Å². The van der Waals surface area contributed by atoms with Gasteiger partial charge in [-0.25, -0.2) is 0 Å². The van der Waals surface area contributed by atoms with Crippen LogP contribution in [0.1, 0.15) is 41.0 Å². The summed E-state index contributed by atoms with van der Waals surface area (Å²) in [5.41, 5.74) is 0. The van der Waals surface area contributed by atoms with Crippen LogP contribution in [0.4, 0.5) is 10.0 Å². The second-order valence-electron chi connectivity index (χ2n) is 6.41. The fourth-order valence-corrected chi connectivity index (χ4v) is 4.82. The summed E-state index contributed by atoms with van der Waals surface area (Å²) in [6.45, 7) is 20.9. The topological polar surface area (TPSA) is 21.8 Å². The maximum atomic E-state index is 3.40. The average molecular weight is 439 g/mol. The molecule has 2 fully saturated rings. The molecule has 0 saturated carbocycles. The summed E-state index contributed by atoms with van der Waals surface area (Å²) in [7, 11) is 0. The van der Waals surface area contributed by atoms with Crippen molar-refractivity contribution in [2.45, 2.75) is 41.0 Å². The van der Waals surface area contributed by atoms with E-state index in [9.17, 15) is 0 Å². The molecular weight excluding hydrogens is 396 g/mol. The molecule has 4 rings (SSSR count). The standard InChI is InChI=1S/C10H16N2S.C9H14N2S.2C2H6/c1-2-11-5-7-12(8-6-11)10-4-3-9-13-10;1-3-9(12-8-1)11-6-2-4-10-5-7-11;2*1-2/h3-4,9H,2,5-8H2,1H3;1,3,8,10H,2,4-7H2;2*1-2H3. The number of nitrogens with zero attached hydrogens (tertiary/aromatic N) is 3. The van der Waals surface area contributed by atoms with Crippen LogP contribution < -0.4 is 15.1 Å². The Bertz CT molecular complexity index is 556.